The highest BCUT2D eigenvalue weighted by atomic mass is 32.2. The fraction of sp³-hybridized carbons (Fsp3) is 0.250. The van der Waals surface area contributed by atoms with Crippen LogP contribution in [0.2, 0.25) is 0 Å². The summed E-state index contributed by atoms with van der Waals surface area (Å²) in [6.45, 7) is 0.225. The van der Waals surface area contributed by atoms with Crippen LogP contribution in [0.15, 0.2) is 72.8 Å². The molecule has 2 N–H and O–H groups in total. The van der Waals surface area contributed by atoms with Crippen molar-refractivity contribution in [2.45, 2.75) is 12.8 Å². The van der Waals surface area contributed by atoms with E-state index in [-0.39, 0.29) is 37.3 Å². The maximum Gasteiger partial charge on any atom is 0.269 e. The fourth-order valence-corrected chi connectivity index (χ4v) is 4.95. The molecule has 0 saturated carbocycles. The van der Waals surface area contributed by atoms with E-state index >= 15 is 0 Å². The zero-order valence-corrected chi connectivity index (χ0v) is 22.6. The molecule has 0 aliphatic heterocycles. The van der Waals surface area contributed by atoms with Crippen molar-refractivity contribution in [1.82, 2.24) is 0 Å². The lowest BCUT2D eigenvalue weighted by molar-refractivity contribution is -0.385. The highest BCUT2D eigenvalue weighted by Crippen LogP contribution is 2.34. The van der Waals surface area contributed by atoms with Gasteiger partial charge in [-0.1, -0.05) is 6.07 Å². The zero-order chi connectivity index (χ0) is 29.5. The van der Waals surface area contributed by atoms with Crippen LogP contribution in [0.3, 0.4) is 0 Å². The van der Waals surface area contributed by atoms with Crippen molar-refractivity contribution in [3.63, 3.8) is 0 Å². The summed E-state index contributed by atoms with van der Waals surface area (Å²) in [4.78, 5) is 24.5. The minimum Gasteiger partial charge on any atom is -0.341 e. The second kappa shape index (κ2) is 12.8. The Morgan fingerprint density at radius 2 is 0.950 bits per heavy atom. The van der Waals surface area contributed by atoms with E-state index < -0.39 is 41.6 Å². The Labute approximate surface area is 230 Å². The lowest BCUT2D eigenvalue weighted by atomic mass is 10.1. The highest BCUT2D eigenvalue weighted by Gasteiger charge is 2.18. The number of nitrogens with zero attached hydrogens (tertiary/aromatic N) is 4. The Kier molecular flexibility index (Phi) is 9.75. The van der Waals surface area contributed by atoms with E-state index in [9.17, 15) is 46.2 Å². The van der Waals surface area contributed by atoms with Gasteiger partial charge in [-0.05, 0) is 55.3 Å². The first-order valence-corrected chi connectivity index (χ1v) is 15.0. The van der Waals surface area contributed by atoms with Crippen LogP contribution in [-0.4, -0.2) is 60.4 Å². The van der Waals surface area contributed by atoms with Gasteiger partial charge in [0.2, 0.25) is 0 Å². The standard InChI is InChI=1S/C24H26N4O10S2/c29-27(30)21-10-6-19(7-11-21)25(14-2-16-39(33,34)35)23-4-1-5-24(18-23)26(15-3-17-40(36,37)38)20-8-12-22(13-9-20)28(31)32/h1,4-13,18H,2-3,14-17H2,(H,33,34,35)(H,36,37,38). The maximum atomic E-state index is 11.3. The summed E-state index contributed by atoms with van der Waals surface area (Å²) in [6.07, 6.45) is 0.0565. The van der Waals surface area contributed by atoms with E-state index in [0.717, 1.165) is 0 Å². The van der Waals surface area contributed by atoms with Crippen molar-refractivity contribution in [3.05, 3.63) is 93.0 Å². The van der Waals surface area contributed by atoms with Crippen LogP contribution >= 0.6 is 0 Å². The molecule has 14 nitrogen and oxygen atoms in total. The van der Waals surface area contributed by atoms with Gasteiger partial charge >= 0.3 is 0 Å². The summed E-state index contributed by atoms with van der Waals surface area (Å²) in [6, 6.07) is 18.0. The van der Waals surface area contributed by atoms with Gasteiger partial charge in [-0.2, -0.15) is 16.8 Å². The van der Waals surface area contributed by atoms with Gasteiger partial charge in [-0.15, -0.1) is 0 Å². The van der Waals surface area contributed by atoms with Gasteiger partial charge < -0.3 is 9.80 Å². The number of hydrogen-bond donors (Lipinski definition) is 2. The molecule has 40 heavy (non-hydrogen) atoms. The monoisotopic (exact) mass is 594 g/mol. The molecule has 0 heterocycles. The first-order valence-electron chi connectivity index (χ1n) is 11.8. The van der Waals surface area contributed by atoms with Crippen molar-refractivity contribution in [1.29, 1.82) is 0 Å². The molecule has 0 spiro atoms. The van der Waals surface area contributed by atoms with Crippen molar-refractivity contribution in [3.8, 4) is 0 Å². The Hall–Kier alpha value is -4.12. The molecule has 0 aromatic heterocycles. The van der Waals surface area contributed by atoms with Crippen LogP contribution in [0.4, 0.5) is 34.1 Å². The van der Waals surface area contributed by atoms with Crippen LogP contribution in [0.5, 0.6) is 0 Å². The third kappa shape index (κ3) is 8.98. The molecule has 214 valence electrons. The summed E-state index contributed by atoms with van der Waals surface area (Å²) >= 11 is 0. The highest BCUT2D eigenvalue weighted by molar-refractivity contribution is 7.86. The number of rotatable bonds is 14. The van der Waals surface area contributed by atoms with E-state index in [1.54, 1.807) is 34.1 Å². The van der Waals surface area contributed by atoms with Crippen LogP contribution < -0.4 is 9.80 Å². The second-order valence-electron chi connectivity index (χ2n) is 8.65. The number of anilines is 4. The van der Waals surface area contributed by atoms with Crippen LogP contribution in [0.1, 0.15) is 12.8 Å². The number of hydrogen-bond acceptors (Lipinski definition) is 10. The molecular formula is C24H26N4O10S2. The van der Waals surface area contributed by atoms with Crippen LogP contribution in [-0.2, 0) is 20.2 Å². The lowest BCUT2D eigenvalue weighted by Gasteiger charge is -2.29. The predicted octanol–water partition coefficient (Wildman–Crippen LogP) is 4.34. The number of non-ortho nitro benzene ring substituents is 2. The van der Waals surface area contributed by atoms with E-state index in [1.807, 2.05) is 0 Å². The molecule has 3 rings (SSSR count). The molecule has 0 aliphatic carbocycles. The molecule has 16 heteroatoms. The van der Waals surface area contributed by atoms with Crippen molar-refractivity contribution >= 4 is 54.4 Å². The number of nitro groups is 2. The molecule has 0 amide bonds. The van der Waals surface area contributed by atoms with Gasteiger partial charge in [-0.3, -0.25) is 29.3 Å². The fourth-order valence-electron chi connectivity index (χ4n) is 3.96. The normalized spacial score (nSPS) is 11.7. The first-order chi connectivity index (χ1) is 18.7. The van der Waals surface area contributed by atoms with E-state index in [4.69, 9.17) is 0 Å². The molecule has 3 aromatic rings. The lowest BCUT2D eigenvalue weighted by Crippen LogP contribution is -2.23. The minimum absolute atomic E-state index is 0.0282. The Morgan fingerprint density at radius 1 is 0.600 bits per heavy atom. The van der Waals surface area contributed by atoms with Gasteiger partial charge in [0.1, 0.15) is 0 Å². The predicted molar refractivity (Wildman–Crippen MR) is 149 cm³/mol. The van der Waals surface area contributed by atoms with Crippen molar-refractivity contribution < 1.29 is 35.8 Å². The van der Waals surface area contributed by atoms with Crippen LogP contribution in [0, 0.1) is 20.2 Å². The molecule has 0 fully saturated rings. The van der Waals surface area contributed by atoms with Gasteiger partial charge in [-0.25, -0.2) is 0 Å². The summed E-state index contributed by atoms with van der Waals surface area (Å²) in [5.74, 6) is -1.03. The third-order valence-corrected chi connectivity index (χ3v) is 7.37. The summed E-state index contributed by atoms with van der Waals surface area (Å²) in [7, 11) is -8.47. The van der Waals surface area contributed by atoms with Crippen molar-refractivity contribution in [2.24, 2.45) is 0 Å². The Morgan fingerprint density at radius 3 is 1.25 bits per heavy atom. The average Bonchev–Trinajstić information content (AvgIpc) is 2.88. The number of benzene rings is 3. The average molecular weight is 595 g/mol. The largest absolute Gasteiger partial charge is 0.341 e. The molecule has 0 atom stereocenters. The SMILES string of the molecule is O=[N+]([O-])c1ccc(N(CCCS(=O)(=O)O)c2cccc(N(CCCS(=O)(=O)O)c3ccc([N+](=O)[O-])cc3)c2)cc1. The quantitative estimate of drug-likeness (QED) is 0.152. The van der Waals surface area contributed by atoms with Gasteiger partial charge in [0.15, 0.2) is 0 Å². The molecule has 0 aliphatic rings. The topological polar surface area (TPSA) is 201 Å². The van der Waals surface area contributed by atoms with E-state index in [2.05, 4.69) is 0 Å². The first kappa shape index (κ1) is 30.4. The molecule has 3 aromatic carbocycles. The molecule has 0 bridgehead atoms. The smallest absolute Gasteiger partial charge is 0.269 e. The number of nitro benzene ring substituents is 2. The van der Waals surface area contributed by atoms with E-state index in [0.29, 0.717) is 22.7 Å². The zero-order valence-electron chi connectivity index (χ0n) is 20.9. The Balaban J connectivity index is 2.01. The van der Waals surface area contributed by atoms with Crippen LogP contribution in [0.25, 0.3) is 0 Å². The van der Waals surface area contributed by atoms with Gasteiger partial charge in [0, 0.05) is 60.1 Å². The second-order valence-corrected chi connectivity index (χ2v) is 11.8. The molecule has 0 radical (unpaired) electrons. The molecule has 0 unspecified atom stereocenters. The third-order valence-electron chi connectivity index (χ3n) is 5.77. The van der Waals surface area contributed by atoms with Gasteiger partial charge in [0.25, 0.3) is 31.6 Å². The van der Waals surface area contributed by atoms with E-state index in [1.165, 1.54) is 48.5 Å². The summed E-state index contributed by atoms with van der Waals surface area (Å²) in [5.41, 5.74) is 1.82. The molecular weight excluding hydrogens is 568 g/mol. The summed E-state index contributed by atoms with van der Waals surface area (Å²) < 4.78 is 63.5. The maximum absolute atomic E-state index is 11.3. The minimum atomic E-state index is -4.23. The molecule has 0 saturated heterocycles. The van der Waals surface area contributed by atoms with Gasteiger partial charge in [0.05, 0.1) is 21.4 Å². The van der Waals surface area contributed by atoms with Crippen molar-refractivity contribution in [2.75, 3.05) is 34.4 Å². The summed E-state index contributed by atoms with van der Waals surface area (Å²) in [5, 5.41) is 22.2. The Bertz CT molecular complexity index is 1450.